The molecule has 0 aliphatic heterocycles. The first-order valence-corrected chi connectivity index (χ1v) is 6.00. The number of rotatable bonds is 4. The van der Waals surface area contributed by atoms with Gasteiger partial charge in [0.1, 0.15) is 5.15 Å². The summed E-state index contributed by atoms with van der Waals surface area (Å²) >= 11 is 5.58. The number of nitro groups is 1. The van der Waals surface area contributed by atoms with Gasteiger partial charge in [-0.05, 0) is 12.1 Å². The van der Waals surface area contributed by atoms with E-state index in [0.717, 1.165) is 6.07 Å². The molecule has 0 unspecified atom stereocenters. The van der Waals surface area contributed by atoms with Gasteiger partial charge in [0.25, 0.3) is 5.91 Å². The molecule has 1 amide bonds. The molecule has 2 rings (SSSR count). The lowest BCUT2D eigenvalue weighted by molar-refractivity contribution is -0.385. The first kappa shape index (κ1) is 14.7. The van der Waals surface area contributed by atoms with Crippen LogP contribution >= 0.6 is 11.6 Å². The second-order valence-corrected chi connectivity index (χ2v) is 4.21. The number of benzene rings is 1. The van der Waals surface area contributed by atoms with E-state index < -0.39 is 10.8 Å². The van der Waals surface area contributed by atoms with Crippen LogP contribution in [0.25, 0.3) is 0 Å². The third kappa shape index (κ3) is 3.42. The highest BCUT2D eigenvalue weighted by molar-refractivity contribution is 6.29. The first-order valence-electron chi connectivity index (χ1n) is 5.62. The van der Waals surface area contributed by atoms with Gasteiger partial charge in [0.2, 0.25) is 0 Å². The molecule has 0 atom stereocenters. The first-order chi connectivity index (χ1) is 10.0. The Labute approximate surface area is 123 Å². The second kappa shape index (κ2) is 6.14. The summed E-state index contributed by atoms with van der Waals surface area (Å²) in [5.74, 6) is -0.303. The molecule has 0 radical (unpaired) electrons. The maximum Gasteiger partial charge on any atom is 0.311 e. The number of amides is 1. The number of hydrogen-bond acceptors (Lipinski definition) is 6. The number of ether oxygens (including phenoxy) is 1. The molecule has 108 valence electrons. The summed E-state index contributed by atoms with van der Waals surface area (Å²) in [6.07, 6.45) is 2.55. The van der Waals surface area contributed by atoms with Gasteiger partial charge in [-0.3, -0.25) is 14.9 Å². The highest BCUT2D eigenvalue weighted by Crippen LogP contribution is 2.27. The third-order valence-corrected chi connectivity index (χ3v) is 2.69. The summed E-state index contributed by atoms with van der Waals surface area (Å²) in [5.41, 5.74) is -0.202. The molecule has 0 aliphatic rings. The van der Waals surface area contributed by atoms with Gasteiger partial charge in [0.15, 0.2) is 11.6 Å². The monoisotopic (exact) mass is 308 g/mol. The maximum absolute atomic E-state index is 12.0. The molecule has 0 aliphatic carbocycles. The largest absolute Gasteiger partial charge is 0.490 e. The average molecular weight is 309 g/mol. The molecule has 1 aromatic heterocycles. The molecule has 1 aromatic carbocycles. The highest BCUT2D eigenvalue weighted by atomic mass is 35.5. The molecule has 9 heteroatoms. The van der Waals surface area contributed by atoms with Gasteiger partial charge in [0.05, 0.1) is 24.4 Å². The van der Waals surface area contributed by atoms with Gasteiger partial charge < -0.3 is 10.1 Å². The molecule has 0 bridgehead atoms. The Morgan fingerprint density at radius 2 is 2.14 bits per heavy atom. The summed E-state index contributed by atoms with van der Waals surface area (Å²) in [7, 11) is 1.31. The number of aromatic nitrogens is 2. The molecule has 1 heterocycles. The third-order valence-electron chi connectivity index (χ3n) is 2.50. The van der Waals surface area contributed by atoms with Crippen LogP contribution < -0.4 is 10.1 Å². The van der Waals surface area contributed by atoms with Gasteiger partial charge in [0, 0.05) is 11.6 Å². The van der Waals surface area contributed by atoms with E-state index in [1.165, 1.54) is 31.6 Å². The molecule has 0 saturated heterocycles. The Morgan fingerprint density at radius 3 is 2.71 bits per heavy atom. The molecule has 8 nitrogen and oxygen atoms in total. The summed E-state index contributed by atoms with van der Waals surface area (Å²) in [6.45, 7) is 0. The fraction of sp³-hybridized carbons (Fsp3) is 0.0833. The van der Waals surface area contributed by atoms with Crippen molar-refractivity contribution in [2.45, 2.75) is 0 Å². The maximum atomic E-state index is 12.0. The highest BCUT2D eigenvalue weighted by Gasteiger charge is 2.18. The van der Waals surface area contributed by atoms with Crippen LogP contribution in [0.4, 0.5) is 11.5 Å². The van der Waals surface area contributed by atoms with E-state index in [9.17, 15) is 14.9 Å². The van der Waals surface area contributed by atoms with Crippen LogP contribution in [0, 0.1) is 10.1 Å². The number of nitrogens with one attached hydrogen (secondary N) is 1. The van der Waals surface area contributed by atoms with E-state index in [-0.39, 0.29) is 28.0 Å². The van der Waals surface area contributed by atoms with Crippen molar-refractivity contribution < 1.29 is 14.5 Å². The van der Waals surface area contributed by atoms with E-state index in [1.54, 1.807) is 0 Å². The smallest absolute Gasteiger partial charge is 0.311 e. The summed E-state index contributed by atoms with van der Waals surface area (Å²) in [5, 5.41) is 13.6. The Balaban J connectivity index is 2.25. The number of nitrogens with zero attached hydrogens (tertiary/aromatic N) is 3. The van der Waals surface area contributed by atoms with Gasteiger partial charge in [-0.15, -0.1) is 0 Å². The number of halogens is 1. The normalized spacial score (nSPS) is 10.0. The van der Waals surface area contributed by atoms with Gasteiger partial charge >= 0.3 is 5.69 Å². The van der Waals surface area contributed by atoms with Crippen LogP contribution in [-0.2, 0) is 0 Å². The molecule has 1 N–H and O–H groups in total. The number of anilines is 1. The van der Waals surface area contributed by atoms with Crippen molar-refractivity contribution in [1.29, 1.82) is 0 Å². The molecular weight excluding hydrogens is 300 g/mol. The predicted octanol–water partition coefficient (Wildman–Crippen LogP) is 2.30. The Bertz CT molecular complexity index is 690. The van der Waals surface area contributed by atoms with E-state index in [4.69, 9.17) is 16.3 Å². The molecule has 0 fully saturated rings. The van der Waals surface area contributed by atoms with Gasteiger partial charge in [-0.2, -0.15) is 0 Å². The second-order valence-electron chi connectivity index (χ2n) is 3.82. The van der Waals surface area contributed by atoms with Crippen LogP contribution in [0.15, 0.2) is 30.6 Å². The van der Waals surface area contributed by atoms with E-state index in [1.807, 2.05) is 0 Å². The fourth-order valence-electron chi connectivity index (χ4n) is 1.54. The van der Waals surface area contributed by atoms with E-state index in [0.29, 0.717) is 0 Å². The minimum absolute atomic E-state index is 0.0721. The summed E-state index contributed by atoms with van der Waals surface area (Å²) < 4.78 is 4.86. The Kier molecular flexibility index (Phi) is 4.29. The number of carbonyl (C=O) groups is 1. The van der Waals surface area contributed by atoms with Crippen molar-refractivity contribution in [2.24, 2.45) is 0 Å². The lowest BCUT2D eigenvalue weighted by Gasteiger charge is -2.06. The number of nitro benzene ring substituents is 1. The van der Waals surface area contributed by atoms with Crippen LogP contribution in [0.3, 0.4) is 0 Å². The quantitative estimate of drug-likeness (QED) is 0.686. The fourth-order valence-corrected chi connectivity index (χ4v) is 1.64. The van der Waals surface area contributed by atoms with E-state index in [2.05, 4.69) is 15.3 Å². The number of hydrogen-bond donors (Lipinski definition) is 1. The minimum Gasteiger partial charge on any atom is -0.490 e. The van der Waals surface area contributed by atoms with Crippen LogP contribution in [0.2, 0.25) is 5.15 Å². The van der Waals surface area contributed by atoms with Crippen LogP contribution in [-0.4, -0.2) is 27.9 Å². The summed E-state index contributed by atoms with van der Waals surface area (Å²) in [6, 6.07) is 3.88. The van der Waals surface area contributed by atoms with Crippen molar-refractivity contribution >= 4 is 29.0 Å². The zero-order valence-electron chi connectivity index (χ0n) is 10.7. The molecular formula is C12H9ClN4O4. The van der Waals surface area contributed by atoms with Crippen molar-refractivity contribution in [2.75, 3.05) is 12.4 Å². The van der Waals surface area contributed by atoms with Crippen LogP contribution in [0.5, 0.6) is 5.75 Å². The van der Waals surface area contributed by atoms with E-state index >= 15 is 0 Å². The minimum atomic E-state index is -0.627. The molecule has 21 heavy (non-hydrogen) atoms. The van der Waals surface area contributed by atoms with Crippen molar-refractivity contribution in [3.8, 4) is 5.75 Å². The standard InChI is InChI=1S/C12H9ClN4O4/c1-21-9-3-2-7(4-8(9)17(19)20)12(18)16-11-6-14-10(13)5-15-11/h2-6H,1H3,(H,15,16,18). The van der Waals surface area contributed by atoms with Crippen molar-refractivity contribution in [1.82, 2.24) is 9.97 Å². The SMILES string of the molecule is COc1ccc(C(=O)Nc2cnc(Cl)cn2)cc1[N+](=O)[O-]. The zero-order valence-corrected chi connectivity index (χ0v) is 11.5. The van der Waals surface area contributed by atoms with Crippen molar-refractivity contribution in [3.63, 3.8) is 0 Å². The lowest BCUT2D eigenvalue weighted by atomic mass is 10.1. The number of carbonyl (C=O) groups excluding carboxylic acids is 1. The molecule has 0 saturated carbocycles. The topological polar surface area (TPSA) is 107 Å². The van der Waals surface area contributed by atoms with Gasteiger partial charge in [-0.25, -0.2) is 9.97 Å². The lowest BCUT2D eigenvalue weighted by Crippen LogP contribution is -2.13. The summed E-state index contributed by atoms with van der Waals surface area (Å²) in [4.78, 5) is 29.9. The Morgan fingerprint density at radius 1 is 1.38 bits per heavy atom. The predicted molar refractivity (Wildman–Crippen MR) is 74.6 cm³/mol. The average Bonchev–Trinajstić information content (AvgIpc) is 2.48. The van der Waals surface area contributed by atoms with Crippen molar-refractivity contribution in [3.05, 3.63) is 51.4 Å². The van der Waals surface area contributed by atoms with Crippen LogP contribution in [0.1, 0.15) is 10.4 Å². The molecule has 2 aromatic rings. The molecule has 0 spiro atoms. The zero-order chi connectivity index (χ0) is 15.4. The number of methoxy groups -OCH3 is 1. The van der Waals surface area contributed by atoms with Gasteiger partial charge in [-0.1, -0.05) is 11.6 Å². The Hall–Kier alpha value is -2.74.